The summed E-state index contributed by atoms with van der Waals surface area (Å²) in [6.07, 6.45) is 3.30. The summed E-state index contributed by atoms with van der Waals surface area (Å²) >= 11 is 1.48. The van der Waals surface area contributed by atoms with E-state index in [1.54, 1.807) is 11.8 Å². The molecule has 1 aromatic heterocycles. The zero-order chi connectivity index (χ0) is 19.7. The maximum Gasteiger partial charge on any atom is 0.255 e. The monoisotopic (exact) mass is 421 g/mol. The van der Waals surface area contributed by atoms with Crippen LogP contribution in [0.2, 0.25) is 0 Å². The molecule has 1 amide bonds. The number of sulfone groups is 1. The lowest BCUT2D eigenvalue weighted by Gasteiger charge is -2.43. The Morgan fingerprint density at radius 2 is 2.07 bits per heavy atom. The van der Waals surface area contributed by atoms with Crippen LogP contribution in [-0.4, -0.2) is 53.0 Å². The predicted molar refractivity (Wildman–Crippen MR) is 106 cm³/mol. The number of nitrogens with zero attached hydrogens (tertiary/aromatic N) is 3. The van der Waals surface area contributed by atoms with E-state index in [1.807, 2.05) is 24.3 Å². The van der Waals surface area contributed by atoms with Crippen LogP contribution in [0.15, 0.2) is 33.7 Å². The average Bonchev–Trinajstić information content (AvgIpc) is 3.12. The van der Waals surface area contributed by atoms with Crippen molar-refractivity contribution >= 4 is 27.5 Å². The Bertz CT molecular complexity index is 973. The molecule has 1 aliphatic heterocycles. The molecular formula is C19H23N3O4S2. The normalized spacial score (nSPS) is 24.0. The van der Waals surface area contributed by atoms with Crippen LogP contribution < -0.4 is 0 Å². The minimum Gasteiger partial charge on any atom is -0.340 e. The van der Waals surface area contributed by atoms with E-state index in [0.717, 1.165) is 24.2 Å². The summed E-state index contributed by atoms with van der Waals surface area (Å²) in [6, 6.07) is 7.24. The van der Waals surface area contributed by atoms with Gasteiger partial charge in [-0.1, -0.05) is 30.1 Å². The Kier molecular flexibility index (Phi) is 5.46. The van der Waals surface area contributed by atoms with Crippen molar-refractivity contribution in [3.05, 3.63) is 41.5 Å². The number of rotatable bonds is 4. The molecule has 2 fully saturated rings. The molecule has 2 heterocycles. The predicted octanol–water partition coefficient (Wildman–Crippen LogP) is 2.85. The molecule has 1 saturated carbocycles. The number of aromatic nitrogens is 2. The van der Waals surface area contributed by atoms with Gasteiger partial charge < -0.3 is 9.42 Å². The summed E-state index contributed by atoms with van der Waals surface area (Å²) in [4.78, 5) is 20.2. The van der Waals surface area contributed by atoms with Crippen molar-refractivity contribution in [2.45, 2.75) is 54.5 Å². The second-order valence-corrected chi connectivity index (χ2v) is 10.6. The van der Waals surface area contributed by atoms with E-state index in [-0.39, 0.29) is 24.2 Å². The van der Waals surface area contributed by atoms with Crippen LogP contribution in [0.1, 0.15) is 47.8 Å². The molecule has 1 aromatic carbocycles. The maximum atomic E-state index is 13.4. The van der Waals surface area contributed by atoms with Gasteiger partial charge in [-0.05, 0) is 25.0 Å². The van der Waals surface area contributed by atoms with Gasteiger partial charge in [0.2, 0.25) is 5.89 Å². The van der Waals surface area contributed by atoms with Crippen LogP contribution in [0.3, 0.4) is 0 Å². The van der Waals surface area contributed by atoms with Gasteiger partial charge in [-0.3, -0.25) is 4.79 Å². The third-order valence-corrected chi connectivity index (χ3v) is 8.74. The number of fused-ring (bicyclic) bond motifs is 1. The molecule has 0 radical (unpaired) electrons. The SMILES string of the molecule is Cc1nc(CSc2ccccc2C(=O)N2CCS(=O)(=O)[C@@H]3CCCC[C@@H]32)no1. The quantitative estimate of drug-likeness (QED) is 0.701. The minimum atomic E-state index is -3.11. The van der Waals surface area contributed by atoms with E-state index >= 15 is 0 Å². The highest BCUT2D eigenvalue weighted by Crippen LogP contribution is 2.34. The first kappa shape index (κ1) is 19.4. The molecule has 2 atom stereocenters. The largest absolute Gasteiger partial charge is 0.340 e. The van der Waals surface area contributed by atoms with E-state index in [9.17, 15) is 13.2 Å². The summed E-state index contributed by atoms with van der Waals surface area (Å²) in [6.45, 7) is 2.01. The van der Waals surface area contributed by atoms with Crippen molar-refractivity contribution in [1.82, 2.24) is 15.0 Å². The Labute approximate surface area is 168 Å². The molecule has 9 heteroatoms. The molecule has 0 N–H and O–H groups in total. The van der Waals surface area contributed by atoms with Crippen molar-refractivity contribution < 1.29 is 17.7 Å². The highest BCUT2D eigenvalue weighted by Gasteiger charge is 2.44. The average molecular weight is 422 g/mol. The summed E-state index contributed by atoms with van der Waals surface area (Å²) in [5.41, 5.74) is 0.608. The molecule has 4 rings (SSSR count). The number of aryl methyl sites for hydroxylation is 1. The Hall–Kier alpha value is -1.87. The van der Waals surface area contributed by atoms with E-state index in [4.69, 9.17) is 4.52 Å². The molecular weight excluding hydrogens is 398 g/mol. The molecule has 0 unspecified atom stereocenters. The van der Waals surface area contributed by atoms with E-state index in [1.165, 1.54) is 11.8 Å². The molecule has 0 bridgehead atoms. The summed E-state index contributed by atoms with van der Waals surface area (Å²) in [5, 5.41) is 3.48. The topological polar surface area (TPSA) is 93.4 Å². The number of thioether (sulfide) groups is 1. The lowest BCUT2D eigenvalue weighted by atomic mass is 9.92. The van der Waals surface area contributed by atoms with Gasteiger partial charge in [-0.2, -0.15) is 4.98 Å². The lowest BCUT2D eigenvalue weighted by molar-refractivity contribution is 0.0635. The van der Waals surface area contributed by atoms with Gasteiger partial charge in [0.1, 0.15) is 0 Å². The summed E-state index contributed by atoms with van der Waals surface area (Å²) in [7, 11) is -3.11. The van der Waals surface area contributed by atoms with Crippen LogP contribution >= 0.6 is 11.8 Å². The van der Waals surface area contributed by atoms with Crippen LogP contribution in [0.4, 0.5) is 0 Å². The molecule has 1 aliphatic carbocycles. The van der Waals surface area contributed by atoms with Gasteiger partial charge in [0.05, 0.1) is 22.3 Å². The molecule has 2 aliphatic rings. The summed E-state index contributed by atoms with van der Waals surface area (Å²) < 4.78 is 30.0. The van der Waals surface area contributed by atoms with Crippen LogP contribution in [0, 0.1) is 6.92 Å². The van der Waals surface area contributed by atoms with Crippen LogP contribution in [0.25, 0.3) is 0 Å². The van der Waals surface area contributed by atoms with Gasteiger partial charge in [-0.15, -0.1) is 11.8 Å². The van der Waals surface area contributed by atoms with Crippen LogP contribution in [-0.2, 0) is 15.6 Å². The fourth-order valence-electron chi connectivity index (χ4n) is 4.11. The van der Waals surface area contributed by atoms with Crippen molar-refractivity contribution in [3.8, 4) is 0 Å². The second kappa shape index (κ2) is 7.87. The molecule has 0 spiro atoms. The van der Waals surface area contributed by atoms with Crippen molar-refractivity contribution in [1.29, 1.82) is 0 Å². The Morgan fingerprint density at radius 1 is 1.29 bits per heavy atom. The van der Waals surface area contributed by atoms with Crippen molar-refractivity contribution in [3.63, 3.8) is 0 Å². The first-order valence-corrected chi connectivity index (χ1v) is 12.2. The number of hydrogen-bond acceptors (Lipinski definition) is 7. The van der Waals surface area contributed by atoms with Crippen molar-refractivity contribution in [2.24, 2.45) is 0 Å². The third-order valence-electron chi connectivity index (χ3n) is 5.45. The van der Waals surface area contributed by atoms with Crippen molar-refractivity contribution in [2.75, 3.05) is 12.3 Å². The minimum absolute atomic E-state index is 0.0529. The lowest BCUT2D eigenvalue weighted by Crippen LogP contribution is -2.57. The Morgan fingerprint density at radius 3 is 2.86 bits per heavy atom. The molecule has 1 saturated heterocycles. The molecule has 150 valence electrons. The first-order chi connectivity index (χ1) is 13.5. The number of benzene rings is 1. The highest BCUT2D eigenvalue weighted by atomic mass is 32.2. The first-order valence-electron chi connectivity index (χ1n) is 9.49. The zero-order valence-electron chi connectivity index (χ0n) is 15.7. The third kappa shape index (κ3) is 3.82. The van der Waals surface area contributed by atoms with Crippen LogP contribution in [0.5, 0.6) is 0 Å². The molecule has 28 heavy (non-hydrogen) atoms. The molecule has 2 aromatic rings. The molecule has 7 nitrogen and oxygen atoms in total. The maximum absolute atomic E-state index is 13.4. The van der Waals surface area contributed by atoms with E-state index < -0.39 is 15.1 Å². The van der Waals surface area contributed by atoms with Gasteiger partial charge in [0, 0.05) is 24.4 Å². The standard InChI is InChI=1S/C19H23N3O4S2/c1-13-20-18(21-26-13)12-27-16-8-4-2-6-14(16)19(23)22-10-11-28(24,25)17-9-5-3-7-15(17)22/h2,4,6,8,15,17H,3,5,7,9-12H2,1H3/t15-,17+/m0/s1. The smallest absolute Gasteiger partial charge is 0.255 e. The number of amides is 1. The number of hydrogen-bond donors (Lipinski definition) is 0. The van der Waals surface area contributed by atoms with Gasteiger partial charge in [0.25, 0.3) is 5.91 Å². The summed E-state index contributed by atoms with van der Waals surface area (Å²) in [5.74, 6) is 1.57. The van der Waals surface area contributed by atoms with Gasteiger partial charge in [-0.25, -0.2) is 8.42 Å². The fraction of sp³-hybridized carbons (Fsp3) is 0.526. The zero-order valence-corrected chi connectivity index (χ0v) is 17.3. The Balaban J connectivity index is 1.56. The van der Waals surface area contributed by atoms with E-state index in [2.05, 4.69) is 10.1 Å². The number of carbonyl (C=O) groups is 1. The fourth-order valence-corrected chi connectivity index (χ4v) is 7.04. The second-order valence-electron chi connectivity index (χ2n) is 7.27. The van der Waals surface area contributed by atoms with Gasteiger partial charge >= 0.3 is 0 Å². The highest BCUT2D eigenvalue weighted by molar-refractivity contribution is 7.98. The number of carbonyl (C=O) groups excluding carboxylic acids is 1. The van der Waals surface area contributed by atoms with Gasteiger partial charge in [0.15, 0.2) is 15.7 Å². The van der Waals surface area contributed by atoms with E-state index in [0.29, 0.717) is 29.5 Å².